The molecule has 1 aromatic carbocycles. The van der Waals surface area contributed by atoms with Gasteiger partial charge in [-0.2, -0.15) is 0 Å². The SMILES string of the molecule is COc1cccnc1Oc1ccc(N)cc1Cl. The molecule has 0 bridgehead atoms. The first kappa shape index (κ1) is 11.5. The van der Waals surface area contributed by atoms with Crippen LogP contribution >= 0.6 is 11.6 Å². The van der Waals surface area contributed by atoms with Gasteiger partial charge in [-0.25, -0.2) is 4.98 Å². The van der Waals surface area contributed by atoms with Crippen LogP contribution in [0.3, 0.4) is 0 Å². The van der Waals surface area contributed by atoms with Crippen LogP contribution in [0.2, 0.25) is 5.02 Å². The number of pyridine rings is 1. The molecule has 1 aromatic heterocycles. The van der Waals surface area contributed by atoms with Crippen LogP contribution in [-0.2, 0) is 0 Å². The maximum Gasteiger partial charge on any atom is 0.262 e. The number of hydrogen-bond acceptors (Lipinski definition) is 4. The number of nitrogens with zero attached hydrogens (tertiary/aromatic N) is 1. The van der Waals surface area contributed by atoms with Crippen molar-refractivity contribution in [2.45, 2.75) is 0 Å². The molecule has 5 heteroatoms. The van der Waals surface area contributed by atoms with Crippen molar-refractivity contribution in [1.82, 2.24) is 4.98 Å². The van der Waals surface area contributed by atoms with Gasteiger partial charge in [0.2, 0.25) is 0 Å². The third-order valence-electron chi connectivity index (χ3n) is 2.12. The van der Waals surface area contributed by atoms with Gasteiger partial charge in [0.15, 0.2) is 5.75 Å². The highest BCUT2D eigenvalue weighted by Gasteiger charge is 2.08. The first-order valence-corrected chi connectivity index (χ1v) is 5.30. The van der Waals surface area contributed by atoms with Gasteiger partial charge in [-0.15, -0.1) is 0 Å². The van der Waals surface area contributed by atoms with Gasteiger partial charge >= 0.3 is 0 Å². The van der Waals surface area contributed by atoms with E-state index in [4.69, 9.17) is 26.8 Å². The molecule has 17 heavy (non-hydrogen) atoms. The molecule has 1 heterocycles. The molecular formula is C12H11ClN2O2. The van der Waals surface area contributed by atoms with Crippen LogP contribution in [0.5, 0.6) is 17.4 Å². The molecule has 0 aliphatic rings. The van der Waals surface area contributed by atoms with Gasteiger partial charge in [0.05, 0.1) is 12.1 Å². The van der Waals surface area contributed by atoms with E-state index in [2.05, 4.69) is 4.98 Å². The highest BCUT2D eigenvalue weighted by atomic mass is 35.5. The van der Waals surface area contributed by atoms with Crippen LogP contribution in [0, 0.1) is 0 Å². The molecular weight excluding hydrogens is 240 g/mol. The van der Waals surface area contributed by atoms with Crippen LogP contribution < -0.4 is 15.2 Å². The Hall–Kier alpha value is -1.94. The Morgan fingerprint density at radius 1 is 1.24 bits per heavy atom. The molecule has 0 spiro atoms. The summed E-state index contributed by atoms with van der Waals surface area (Å²) in [5.41, 5.74) is 6.18. The lowest BCUT2D eigenvalue weighted by atomic mass is 10.3. The average Bonchev–Trinajstić information content (AvgIpc) is 2.33. The zero-order valence-electron chi connectivity index (χ0n) is 9.18. The van der Waals surface area contributed by atoms with Gasteiger partial charge in [0.25, 0.3) is 5.88 Å². The molecule has 0 radical (unpaired) electrons. The van der Waals surface area contributed by atoms with Gasteiger partial charge in [0, 0.05) is 11.9 Å². The van der Waals surface area contributed by atoms with E-state index in [1.165, 1.54) is 0 Å². The first-order valence-electron chi connectivity index (χ1n) is 4.92. The molecule has 0 saturated carbocycles. The summed E-state index contributed by atoms with van der Waals surface area (Å²) < 4.78 is 10.7. The number of halogens is 1. The second kappa shape index (κ2) is 4.93. The third kappa shape index (κ3) is 2.60. The lowest BCUT2D eigenvalue weighted by molar-refractivity contribution is 0.370. The van der Waals surface area contributed by atoms with Gasteiger partial charge in [-0.1, -0.05) is 11.6 Å². The van der Waals surface area contributed by atoms with Crippen molar-refractivity contribution in [2.75, 3.05) is 12.8 Å². The number of hydrogen-bond donors (Lipinski definition) is 1. The summed E-state index contributed by atoms with van der Waals surface area (Å²) in [6, 6.07) is 8.53. The number of anilines is 1. The van der Waals surface area contributed by atoms with E-state index < -0.39 is 0 Å². The van der Waals surface area contributed by atoms with Crippen LogP contribution in [0.4, 0.5) is 5.69 Å². The Labute approximate surface area is 104 Å². The Morgan fingerprint density at radius 3 is 2.76 bits per heavy atom. The highest BCUT2D eigenvalue weighted by Crippen LogP contribution is 2.33. The van der Waals surface area contributed by atoms with Gasteiger partial charge < -0.3 is 15.2 Å². The van der Waals surface area contributed by atoms with Crippen LogP contribution in [0.15, 0.2) is 36.5 Å². The largest absolute Gasteiger partial charge is 0.491 e. The Kier molecular flexibility index (Phi) is 3.35. The molecule has 4 nitrogen and oxygen atoms in total. The van der Waals surface area contributed by atoms with Crippen molar-refractivity contribution in [1.29, 1.82) is 0 Å². The van der Waals surface area contributed by atoms with E-state index in [0.29, 0.717) is 28.1 Å². The van der Waals surface area contributed by atoms with E-state index in [0.717, 1.165) is 0 Å². The first-order chi connectivity index (χ1) is 8.20. The second-order valence-corrected chi connectivity index (χ2v) is 3.71. The molecule has 2 aromatic rings. The summed E-state index contributed by atoms with van der Waals surface area (Å²) in [5.74, 6) is 1.39. The fourth-order valence-corrected chi connectivity index (χ4v) is 1.54. The predicted octanol–water partition coefficient (Wildman–Crippen LogP) is 3.12. The van der Waals surface area contributed by atoms with Crippen LogP contribution in [0.1, 0.15) is 0 Å². The monoisotopic (exact) mass is 250 g/mol. The quantitative estimate of drug-likeness (QED) is 0.851. The van der Waals surface area contributed by atoms with E-state index in [1.807, 2.05) is 0 Å². The number of rotatable bonds is 3. The lowest BCUT2D eigenvalue weighted by Gasteiger charge is -2.09. The summed E-state index contributed by atoms with van der Waals surface area (Å²) >= 11 is 6.00. The maximum atomic E-state index is 6.00. The topological polar surface area (TPSA) is 57.4 Å². The summed E-state index contributed by atoms with van der Waals surface area (Å²) in [6.07, 6.45) is 1.61. The minimum atomic E-state index is 0.363. The van der Waals surface area contributed by atoms with Crippen molar-refractivity contribution >= 4 is 17.3 Å². The number of nitrogen functional groups attached to an aromatic ring is 1. The van der Waals surface area contributed by atoms with Crippen LogP contribution in [-0.4, -0.2) is 12.1 Å². The molecule has 0 amide bonds. The van der Waals surface area contributed by atoms with Gasteiger partial charge in [-0.3, -0.25) is 0 Å². The summed E-state index contributed by atoms with van der Waals surface area (Å²) in [7, 11) is 1.55. The number of methoxy groups -OCH3 is 1. The fraction of sp³-hybridized carbons (Fsp3) is 0.0833. The normalized spacial score (nSPS) is 10.0. The van der Waals surface area contributed by atoms with E-state index >= 15 is 0 Å². The number of nitrogens with two attached hydrogens (primary N) is 1. The van der Waals surface area contributed by atoms with Gasteiger partial charge in [0.1, 0.15) is 5.75 Å². The smallest absolute Gasteiger partial charge is 0.262 e. The van der Waals surface area contributed by atoms with E-state index in [9.17, 15) is 0 Å². The standard InChI is InChI=1S/C12H11ClN2O2/c1-16-11-3-2-6-15-12(11)17-10-5-4-8(14)7-9(10)13/h2-7H,14H2,1H3. The second-order valence-electron chi connectivity index (χ2n) is 3.30. The molecule has 0 unspecified atom stereocenters. The Morgan fingerprint density at radius 2 is 2.06 bits per heavy atom. The summed E-state index contributed by atoms with van der Waals surface area (Å²) in [6.45, 7) is 0. The van der Waals surface area contributed by atoms with Crippen molar-refractivity contribution in [2.24, 2.45) is 0 Å². The van der Waals surface area contributed by atoms with Crippen molar-refractivity contribution in [3.8, 4) is 17.4 Å². The minimum absolute atomic E-state index is 0.363. The van der Waals surface area contributed by atoms with Crippen molar-refractivity contribution < 1.29 is 9.47 Å². The predicted molar refractivity (Wildman–Crippen MR) is 66.7 cm³/mol. The molecule has 2 N–H and O–H groups in total. The zero-order chi connectivity index (χ0) is 12.3. The molecule has 0 atom stereocenters. The highest BCUT2D eigenvalue weighted by molar-refractivity contribution is 6.32. The molecule has 0 saturated heterocycles. The molecule has 0 aliphatic carbocycles. The van der Waals surface area contributed by atoms with Crippen molar-refractivity contribution in [3.05, 3.63) is 41.6 Å². The molecule has 2 rings (SSSR count). The molecule has 88 valence electrons. The van der Waals surface area contributed by atoms with E-state index in [1.54, 1.807) is 43.6 Å². The fourth-order valence-electron chi connectivity index (χ4n) is 1.31. The summed E-state index contributed by atoms with van der Waals surface area (Å²) in [4.78, 5) is 4.07. The Bertz CT molecular complexity index is 532. The minimum Gasteiger partial charge on any atom is -0.491 e. The summed E-state index contributed by atoms with van der Waals surface area (Å²) in [5, 5.41) is 0.428. The van der Waals surface area contributed by atoms with E-state index in [-0.39, 0.29) is 0 Å². The number of aromatic nitrogens is 1. The Balaban J connectivity index is 2.31. The molecule has 0 fully saturated rings. The number of benzene rings is 1. The number of ether oxygens (including phenoxy) is 2. The lowest BCUT2D eigenvalue weighted by Crippen LogP contribution is -1.93. The molecule has 0 aliphatic heterocycles. The average molecular weight is 251 g/mol. The van der Waals surface area contributed by atoms with Crippen LogP contribution in [0.25, 0.3) is 0 Å². The van der Waals surface area contributed by atoms with Gasteiger partial charge in [-0.05, 0) is 30.3 Å². The van der Waals surface area contributed by atoms with Crippen molar-refractivity contribution in [3.63, 3.8) is 0 Å². The third-order valence-corrected chi connectivity index (χ3v) is 2.41. The maximum absolute atomic E-state index is 6.00. The zero-order valence-corrected chi connectivity index (χ0v) is 9.94.